The van der Waals surface area contributed by atoms with Crippen LogP contribution in [0, 0.1) is 0 Å². The van der Waals surface area contributed by atoms with Gasteiger partial charge in [0.25, 0.3) is 0 Å². The number of hydrogen-bond acceptors (Lipinski definition) is 5. The second-order valence-corrected chi connectivity index (χ2v) is 9.42. The van der Waals surface area contributed by atoms with Crippen LogP contribution in [0.5, 0.6) is 0 Å². The minimum Gasteiger partial charge on any atom is -0.361 e. The van der Waals surface area contributed by atoms with Crippen LogP contribution in [0.15, 0.2) is 59.9 Å². The highest BCUT2D eigenvalue weighted by atomic mass is 35.5. The van der Waals surface area contributed by atoms with E-state index < -0.39 is 0 Å². The molecule has 4 aromatic rings. The molecule has 7 nitrogen and oxygen atoms in total. The van der Waals surface area contributed by atoms with E-state index in [1.165, 1.54) is 22.7 Å². The second-order valence-electron chi connectivity index (χ2n) is 8.04. The van der Waals surface area contributed by atoms with Crippen LogP contribution in [0.25, 0.3) is 16.6 Å². The number of aromatic nitrogens is 4. The van der Waals surface area contributed by atoms with Gasteiger partial charge in [-0.15, -0.1) is 10.2 Å². The number of benzene rings is 2. The van der Waals surface area contributed by atoms with Crippen molar-refractivity contribution in [2.45, 2.75) is 24.4 Å². The first-order valence-corrected chi connectivity index (χ1v) is 12.5. The highest BCUT2D eigenvalue weighted by molar-refractivity contribution is 7.99. The number of carbonyl (C=O) groups excluding carboxylic acids is 1. The Kier molecular flexibility index (Phi) is 6.55. The summed E-state index contributed by atoms with van der Waals surface area (Å²) in [7, 11) is 0. The lowest BCUT2D eigenvalue weighted by atomic mass is 10.1. The maximum absolute atomic E-state index is 12.5. The van der Waals surface area contributed by atoms with Crippen LogP contribution in [0.4, 0.5) is 5.95 Å². The molecule has 33 heavy (non-hydrogen) atoms. The monoisotopic (exact) mass is 480 g/mol. The number of para-hydroxylation sites is 1. The van der Waals surface area contributed by atoms with Crippen molar-refractivity contribution in [1.29, 1.82) is 0 Å². The average molecular weight is 481 g/mol. The van der Waals surface area contributed by atoms with Crippen LogP contribution in [0.1, 0.15) is 18.4 Å². The summed E-state index contributed by atoms with van der Waals surface area (Å²) in [4.78, 5) is 18.1. The third-order valence-corrected chi connectivity index (χ3v) is 6.96. The zero-order valence-electron chi connectivity index (χ0n) is 18.1. The standard InChI is InChI=1S/C24H25ClN6OS/c25-18-6-5-7-19(14-18)31-23(30-12-3-4-13-30)28-29-24(31)33-16-22(32)26-11-10-17-15-27-21-9-2-1-8-20(17)21/h1-2,5-9,14-15,27H,3-4,10-13,16H2,(H,26,32). The van der Waals surface area contributed by atoms with E-state index >= 15 is 0 Å². The Balaban J connectivity index is 1.24. The normalized spacial score (nSPS) is 13.7. The fourth-order valence-electron chi connectivity index (χ4n) is 4.17. The molecule has 170 valence electrons. The Morgan fingerprint density at radius 1 is 1.12 bits per heavy atom. The Labute approximate surface area is 201 Å². The topological polar surface area (TPSA) is 78.8 Å². The van der Waals surface area contributed by atoms with Gasteiger partial charge in [0.1, 0.15) is 0 Å². The number of fused-ring (bicyclic) bond motifs is 1. The third kappa shape index (κ3) is 4.86. The molecule has 0 radical (unpaired) electrons. The van der Waals surface area contributed by atoms with E-state index in [4.69, 9.17) is 11.6 Å². The van der Waals surface area contributed by atoms with Crippen molar-refractivity contribution in [3.05, 3.63) is 65.3 Å². The van der Waals surface area contributed by atoms with Crippen LogP contribution in [-0.2, 0) is 11.2 Å². The van der Waals surface area contributed by atoms with Crippen molar-refractivity contribution in [2.75, 3.05) is 30.3 Å². The molecule has 2 aromatic carbocycles. The number of nitrogens with one attached hydrogen (secondary N) is 2. The van der Waals surface area contributed by atoms with Crippen LogP contribution in [0.3, 0.4) is 0 Å². The molecule has 1 amide bonds. The minimum absolute atomic E-state index is 0.0248. The van der Waals surface area contributed by atoms with E-state index in [9.17, 15) is 4.79 Å². The molecule has 0 bridgehead atoms. The van der Waals surface area contributed by atoms with Crippen LogP contribution in [-0.4, -0.2) is 51.0 Å². The van der Waals surface area contributed by atoms with Crippen molar-refractivity contribution >= 4 is 46.1 Å². The first-order chi connectivity index (χ1) is 16.2. The van der Waals surface area contributed by atoms with Crippen molar-refractivity contribution < 1.29 is 4.79 Å². The van der Waals surface area contributed by atoms with Crippen molar-refractivity contribution in [3.63, 3.8) is 0 Å². The first-order valence-electron chi connectivity index (χ1n) is 11.1. The van der Waals surface area contributed by atoms with Gasteiger partial charge in [0.05, 0.1) is 11.4 Å². The van der Waals surface area contributed by atoms with E-state index in [0.29, 0.717) is 16.7 Å². The molecule has 0 unspecified atom stereocenters. The van der Waals surface area contributed by atoms with E-state index in [1.807, 2.05) is 47.2 Å². The summed E-state index contributed by atoms with van der Waals surface area (Å²) >= 11 is 7.64. The molecule has 1 saturated heterocycles. The van der Waals surface area contributed by atoms with Gasteiger partial charge >= 0.3 is 0 Å². The summed E-state index contributed by atoms with van der Waals surface area (Å²) < 4.78 is 2.00. The smallest absolute Gasteiger partial charge is 0.232 e. The summed E-state index contributed by atoms with van der Waals surface area (Å²) in [5.41, 5.74) is 3.22. The predicted octanol–water partition coefficient (Wildman–Crippen LogP) is 4.45. The maximum atomic E-state index is 12.5. The molecule has 0 aliphatic carbocycles. The summed E-state index contributed by atoms with van der Waals surface area (Å²) in [6, 6.07) is 15.8. The van der Waals surface area contributed by atoms with E-state index in [1.54, 1.807) is 0 Å². The van der Waals surface area contributed by atoms with E-state index in [-0.39, 0.29) is 11.7 Å². The van der Waals surface area contributed by atoms with E-state index in [0.717, 1.165) is 49.5 Å². The molecule has 1 aliphatic heterocycles. The summed E-state index contributed by atoms with van der Waals surface area (Å²) in [5.74, 6) is 1.05. The van der Waals surface area contributed by atoms with Crippen LogP contribution >= 0.6 is 23.4 Å². The van der Waals surface area contributed by atoms with Crippen LogP contribution in [0.2, 0.25) is 5.02 Å². The first kappa shape index (κ1) is 21.9. The van der Waals surface area contributed by atoms with Crippen LogP contribution < -0.4 is 10.2 Å². The summed E-state index contributed by atoms with van der Waals surface area (Å²) in [5, 5.41) is 14.4. The molecule has 0 spiro atoms. The SMILES string of the molecule is O=C(CSc1nnc(N2CCCC2)n1-c1cccc(Cl)c1)NCCc1c[nH]c2ccccc12. The van der Waals surface area contributed by atoms with Gasteiger partial charge in [0.15, 0.2) is 5.16 Å². The van der Waals surface area contributed by atoms with Gasteiger partial charge in [-0.05, 0) is 49.1 Å². The molecule has 3 heterocycles. The maximum Gasteiger partial charge on any atom is 0.232 e. The van der Waals surface area contributed by atoms with Crippen molar-refractivity contribution in [2.24, 2.45) is 0 Å². The Morgan fingerprint density at radius 3 is 2.82 bits per heavy atom. The Morgan fingerprint density at radius 2 is 1.97 bits per heavy atom. The molecule has 2 N–H and O–H groups in total. The number of thioether (sulfide) groups is 1. The second kappa shape index (κ2) is 9.89. The molecule has 0 atom stereocenters. The molecular weight excluding hydrogens is 456 g/mol. The summed E-state index contributed by atoms with van der Waals surface area (Å²) in [6.07, 6.45) is 5.07. The summed E-state index contributed by atoms with van der Waals surface area (Å²) in [6.45, 7) is 2.50. The highest BCUT2D eigenvalue weighted by Crippen LogP contribution is 2.29. The number of rotatable bonds is 8. The fraction of sp³-hybridized carbons (Fsp3) is 0.292. The largest absolute Gasteiger partial charge is 0.361 e. The molecule has 2 aromatic heterocycles. The number of aromatic amines is 1. The molecule has 1 aliphatic rings. The number of H-pyrrole nitrogens is 1. The molecule has 1 fully saturated rings. The van der Waals surface area contributed by atoms with Gasteiger partial charge in [0.2, 0.25) is 11.9 Å². The van der Waals surface area contributed by atoms with Gasteiger partial charge in [0, 0.05) is 41.8 Å². The van der Waals surface area contributed by atoms with Gasteiger partial charge in [-0.2, -0.15) is 0 Å². The van der Waals surface area contributed by atoms with Crippen molar-refractivity contribution in [3.8, 4) is 5.69 Å². The van der Waals surface area contributed by atoms with E-state index in [2.05, 4.69) is 37.5 Å². The predicted molar refractivity (Wildman–Crippen MR) is 134 cm³/mol. The molecule has 5 rings (SSSR count). The highest BCUT2D eigenvalue weighted by Gasteiger charge is 2.23. The lowest BCUT2D eigenvalue weighted by molar-refractivity contribution is -0.118. The lowest BCUT2D eigenvalue weighted by Crippen LogP contribution is -2.27. The van der Waals surface area contributed by atoms with Gasteiger partial charge in [-0.3, -0.25) is 9.36 Å². The minimum atomic E-state index is -0.0248. The third-order valence-electron chi connectivity index (χ3n) is 5.80. The number of halogens is 1. The average Bonchev–Trinajstić information content (AvgIpc) is 3.57. The quantitative estimate of drug-likeness (QED) is 0.364. The van der Waals surface area contributed by atoms with Gasteiger partial charge < -0.3 is 15.2 Å². The Hall–Kier alpha value is -2.97. The molecular formula is C24H25ClN6OS. The number of carbonyl (C=O) groups is 1. The lowest BCUT2D eigenvalue weighted by Gasteiger charge is -2.18. The van der Waals surface area contributed by atoms with Gasteiger partial charge in [-0.25, -0.2) is 0 Å². The number of hydrogen-bond donors (Lipinski definition) is 2. The molecule has 9 heteroatoms. The Bertz CT molecular complexity index is 1260. The van der Waals surface area contributed by atoms with Gasteiger partial charge in [-0.1, -0.05) is 47.6 Å². The number of anilines is 1. The zero-order valence-corrected chi connectivity index (χ0v) is 19.7. The number of nitrogens with zero attached hydrogens (tertiary/aromatic N) is 4. The fourth-order valence-corrected chi connectivity index (χ4v) is 5.14. The van der Waals surface area contributed by atoms with Crippen molar-refractivity contribution in [1.82, 2.24) is 25.1 Å². The molecule has 0 saturated carbocycles. The number of amides is 1. The zero-order chi connectivity index (χ0) is 22.6.